The first-order valence-corrected chi connectivity index (χ1v) is 4.79. The van der Waals surface area contributed by atoms with Crippen molar-refractivity contribution in [2.75, 3.05) is 0 Å². The molecule has 2 atom stereocenters. The second-order valence-electron chi connectivity index (χ2n) is 3.85. The van der Waals surface area contributed by atoms with E-state index in [0.29, 0.717) is 12.0 Å². The summed E-state index contributed by atoms with van der Waals surface area (Å²) in [5.74, 6) is -0.305. The lowest BCUT2D eigenvalue weighted by molar-refractivity contribution is -0.146. The Kier molecular flexibility index (Phi) is 2.12. The van der Waals surface area contributed by atoms with Gasteiger partial charge < -0.3 is 9.84 Å². The number of ether oxygens (including phenoxy) is 1. The Labute approximate surface area is 77.4 Å². The molecule has 1 heterocycles. The minimum atomic E-state index is -0.580. The summed E-state index contributed by atoms with van der Waals surface area (Å²) in [5, 5.41) is 9.60. The quantitative estimate of drug-likeness (QED) is 0.572. The number of carbonyl (C=O) groups excluding carboxylic acids is 1. The first-order valence-electron chi connectivity index (χ1n) is 4.79. The normalized spacial score (nSPS) is 34.2. The topological polar surface area (TPSA) is 46.5 Å². The van der Waals surface area contributed by atoms with Gasteiger partial charge in [0.05, 0.1) is 11.7 Å². The molecule has 0 aromatic heterocycles. The fraction of sp³-hybridized carbons (Fsp3) is 0.700. The monoisotopic (exact) mass is 182 g/mol. The number of hydrogen-bond acceptors (Lipinski definition) is 3. The highest BCUT2D eigenvalue weighted by Crippen LogP contribution is 2.33. The highest BCUT2D eigenvalue weighted by atomic mass is 16.5. The van der Waals surface area contributed by atoms with Gasteiger partial charge in [-0.3, -0.25) is 0 Å². The first-order chi connectivity index (χ1) is 6.18. The highest BCUT2D eigenvalue weighted by molar-refractivity contribution is 5.91. The van der Waals surface area contributed by atoms with Crippen LogP contribution in [0.15, 0.2) is 11.1 Å². The van der Waals surface area contributed by atoms with Crippen LogP contribution in [0.2, 0.25) is 0 Å². The van der Waals surface area contributed by atoms with E-state index < -0.39 is 6.10 Å². The van der Waals surface area contributed by atoms with Gasteiger partial charge in [0.1, 0.15) is 6.10 Å². The lowest BCUT2D eigenvalue weighted by atomic mass is 9.85. The van der Waals surface area contributed by atoms with Gasteiger partial charge in [0, 0.05) is 6.42 Å². The third-order valence-corrected chi connectivity index (χ3v) is 2.73. The average Bonchev–Trinajstić information content (AvgIpc) is 2.02. The number of esters is 1. The van der Waals surface area contributed by atoms with Gasteiger partial charge in [-0.2, -0.15) is 0 Å². The van der Waals surface area contributed by atoms with Crippen molar-refractivity contribution in [1.82, 2.24) is 0 Å². The summed E-state index contributed by atoms with van der Waals surface area (Å²) in [6.45, 7) is 1.89. The third kappa shape index (κ3) is 1.48. The Hall–Kier alpha value is -0.830. The fourth-order valence-corrected chi connectivity index (χ4v) is 2.15. The van der Waals surface area contributed by atoms with Crippen molar-refractivity contribution in [2.45, 2.75) is 44.8 Å². The predicted molar refractivity (Wildman–Crippen MR) is 47.1 cm³/mol. The Bertz CT molecular complexity index is 267. The average molecular weight is 182 g/mol. The molecule has 0 spiro atoms. The maximum absolute atomic E-state index is 11.4. The number of hydrogen-bond donors (Lipinski definition) is 1. The zero-order valence-electron chi connectivity index (χ0n) is 7.75. The van der Waals surface area contributed by atoms with Gasteiger partial charge in [0.2, 0.25) is 0 Å². The van der Waals surface area contributed by atoms with Crippen molar-refractivity contribution in [2.24, 2.45) is 0 Å². The molecule has 0 amide bonds. The van der Waals surface area contributed by atoms with Crippen molar-refractivity contribution in [3.63, 3.8) is 0 Å². The minimum absolute atomic E-state index is 0.0171. The van der Waals surface area contributed by atoms with Crippen molar-refractivity contribution < 1.29 is 14.6 Å². The van der Waals surface area contributed by atoms with Gasteiger partial charge in [0.25, 0.3) is 0 Å². The van der Waals surface area contributed by atoms with Gasteiger partial charge in [-0.05, 0) is 26.2 Å². The molecule has 3 nitrogen and oxygen atoms in total. The maximum Gasteiger partial charge on any atom is 0.336 e. The number of rotatable bonds is 0. The molecule has 3 heteroatoms. The standard InChI is InChI=1S/C10H14O3/c1-6-5-7-3-2-4-8(11)9(7)10(12)13-6/h6,8,11H,2-5H2,1H3. The molecule has 2 rings (SSSR count). The van der Waals surface area contributed by atoms with Crippen molar-refractivity contribution in [3.8, 4) is 0 Å². The molecule has 0 aromatic rings. The van der Waals surface area contributed by atoms with Crippen LogP contribution in [0.1, 0.15) is 32.6 Å². The summed E-state index contributed by atoms with van der Waals surface area (Å²) in [6, 6.07) is 0. The maximum atomic E-state index is 11.4. The summed E-state index contributed by atoms with van der Waals surface area (Å²) < 4.78 is 5.07. The molecule has 1 N–H and O–H groups in total. The zero-order chi connectivity index (χ0) is 9.42. The molecule has 0 fully saturated rings. The van der Waals surface area contributed by atoms with Crippen LogP contribution in [0.3, 0.4) is 0 Å². The number of aliphatic hydroxyl groups is 1. The molecule has 0 saturated carbocycles. The van der Waals surface area contributed by atoms with Gasteiger partial charge >= 0.3 is 5.97 Å². The molecule has 2 aliphatic rings. The molecular weight excluding hydrogens is 168 g/mol. The van der Waals surface area contributed by atoms with Gasteiger partial charge in [-0.15, -0.1) is 0 Å². The van der Waals surface area contributed by atoms with Crippen molar-refractivity contribution in [1.29, 1.82) is 0 Å². The van der Waals surface area contributed by atoms with Crippen LogP contribution in [0.25, 0.3) is 0 Å². The molecule has 0 saturated heterocycles. The van der Waals surface area contributed by atoms with Crippen LogP contribution in [-0.2, 0) is 9.53 Å². The van der Waals surface area contributed by atoms with E-state index in [9.17, 15) is 9.90 Å². The van der Waals surface area contributed by atoms with Crippen molar-refractivity contribution in [3.05, 3.63) is 11.1 Å². The lowest BCUT2D eigenvalue weighted by Crippen LogP contribution is -2.32. The van der Waals surface area contributed by atoms with Crippen molar-refractivity contribution >= 4 is 5.97 Å². The van der Waals surface area contributed by atoms with Crippen LogP contribution < -0.4 is 0 Å². The molecule has 72 valence electrons. The molecular formula is C10H14O3. The zero-order valence-corrected chi connectivity index (χ0v) is 7.75. The summed E-state index contributed by atoms with van der Waals surface area (Å²) in [4.78, 5) is 11.4. The van der Waals surface area contributed by atoms with Crippen LogP contribution in [-0.4, -0.2) is 23.3 Å². The van der Waals surface area contributed by atoms with Crippen LogP contribution in [0.4, 0.5) is 0 Å². The molecule has 2 unspecified atom stereocenters. The van der Waals surface area contributed by atoms with E-state index in [1.54, 1.807) is 0 Å². The van der Waals surface area contributed by atoms with Crippen LogP contribution in [0, 0.1) is 0 Å². The van der Waals surface area contributed by atoms with Crippen LogP contribution >= 0.6 is 0 Å². The van der Waals surface area contributed by atoms with E-state index in [4.69, 9.17) is 4.74 Å². The summed E-state index contributed by atoms with van der Waals surface area (Å²) in [6.07, 6.45) is 2.84. The van der Waals surface area contributed by atoms with E-state index >= 15 is 0 Å². The van der Waals surface area contributed by atoms with E-state index in [-0.39, 0.29) is 12.1 Å². The molecule has 1 aliphatic heterocycles. The van der Waals surface area contributed by atoms with Gasteiger partial charge in [-0.25, -0.2) is 4.79 Å². The Morgan fingerprint density at radius 3 is 3.08 bits per heavy atom. The lowest BCUT2D eigenvalue weighted by Gasteiger charge is -2.30. The van der Waals surface area contributed by atoms with E-state index in [1.807, 2.05) is 6.92 Å². The molecule has 0 radical (unpaired) electrons. The number of aliphatic hydroxyl groups excluding tert-OH is 1. The smallest absolute Gasteiger partial charge is 0.336 e. The Morgan fingerprint density at radius 2 is 2.31 bits per heavy atom. The molecule has 0 bridgehead atoms. The Morgan fingerprint density at radius 1 is 1.54 bits per heavy atom. The largest absolute Gasteiger partial charge is 0.459 e. The predicted octanol–water partition coefficient (Wildman–Crippen LogP) is 1.16. The van der Waals surface area contributed by atoms with E-state index in [2.05, 4.69) is 0 Å². The van der Waals surface area contributed by atoms with Gasteiger partial charge in [-0.1, -0.05) is 5.57 Å². The number of carbonyl (C=O) groups is 1. The SMILES string of the molecule is CC1CC2=C(C(=O)O1)C(O)CCC2. The molecule has 0 aromatic carbocycles. The molecule has 1 aliphatic carbocycles. The summed E-state index contributed by atoms with van der Waals surface area (Å²) in [5.41, 5.74) is 1.66. The second-order valence-corrected chi connectivity index (χ2v) is 3.85. The Balaban J connectivity index is 2.32. The summed E-state index contributed by atoms with van der Waals surface area (Å²) in [7, 11) is 0. The van der Waals surface area contributed by atoms with Crippen LogP contribution in [0.5, 0.6) is 0 Å². The van der Waals surface area contributed by atoms with Gasteiger partial charge in [0.15, 0.2) is 0 Å². The molecule has 13 heavy (non-hydrogen) atoms. The number of cyclic esters (lactones) is 1. The summed E-state index contributed by atoms with van der Waals surface area (Å²) >= 11 is 0. The minimum Gasteiger partial charge on any atom is -0.459 e. The second kappa shape index (κ2) is 3.14. The first kappa shape index (κ1) is 8.75. The van der Waals surface area contributed by atoms with E-state index in [0.717, 1.165) is 24.8 Å². The highest BCUT2D eigenvalue weighted by Gasteiger charge is 2.33. The third-order valence-electron chi connectivity index (χ3n) is 2.73. The fourth-order valence-electron chi connectivity index (χ4n) is 2.15. The van der Waals surface area contributed by atoms with E-state index in [1.165, 1.54) is 0 Å².